The van der Waals surface area contributed by atoms with Gasteiger partial charge in [-0.05, 0) is 31.4 Å². The highest BCUT2D eigenvalue weighted by atomic mass is 16.5. The van der Waals surface area contributed by atoms with Crippen LogP contribution in [0, 0.1) is 5.92 Å². The number of ether oxygens (including phenoxy) is 1. The SMILES string of the molecule is COC(=O)c1nccc(N2CCC(CN)CC2)n1. The molecule has 2 N–H and O–H groups in total. The molecule has 1 aromatic rings. The zero-order valence-corrected chi connectivity index (χ0v) is 10.5. The Bertz CT molecular complexity index is 416. The maximum Gasteiger partial charge on any atom is 0.376 e. The van der Waals surface area contributed by atoms with E-state index in [-0.39, 0.29) is 5.82 Å². The predicted octanol–water partition coefficient (Wildman–Crippen LogP) is 0.438. The molecule has 0 unspecified atom stereocenters. The molecule has 18 heavy (non-hydrogen) atoms. The van der Waals surface area contributed by atoms with E-state index in [1.165, 1.54) is 7.11 Å². The first kappa shape index (κ1) is 12.8. The molecule has 0 radical (unpaired) electrons. The van der Waals surface area contributed by atoms with Crippen molar-refractivity contribution in [3.8, 4) is 0 Å². The van der Waals surface area contributed by atoms with Crippen LogP contribution in [-0.4, -0.2) is 42.7 Å². The molecule has 0 aromatic carbocycles. The highest BCUT2D eigenvalue weighted by Gasteiger charge is 2.20. The number of esters is 1. The lowest BCUT2D eigenvalue weighted by molar-refractivity contribution is 0.0586. The molecular weight excluding hydrogens is 232 g/mol. The predicted molar refractivity (Wildman–Crippen MR) is 67.4 cm³/mol. The molecule has 0 spiro atoms. The molecule has 6 nitrogen and oxygen atoms in total. The molecule has 0 saturated carbocycles. The Hall–Kier alpha value is -1.69. The van der Waals surface area contributed by atoms with Crippen molar-refractivity contribution in [3.05, 3.63) is 18.1 Å². The Kier molecular flexibility index (Phi) is 4.09. The summed E-state index contributed by atoms with van der Waals surface area (Å²) in [5.41, 5.74) is 5.66. The van der Waals surface area contributed by atoms with Gasteiger partial charge < -0.3 is 15.4 Å². The van der Waals surface area contributed by atoms with E-state index in [0.29, 0.717) is 5.92 Å². The van der Waals surface area contributed by atoms with Gasteiger partial charge in [0, 0.05) is 19.3 Å². The maximum absolute atomic E-state index is 11.4. The van der Waals surface area contributed by atoms with Crippen LogP contribution in [0.3, 0.4) is 0 Å². The second kappa shape index (κ2) is 5.77. The number of methoxy groups -OCH3 is 1. The lowest BCUT2D eigenvalue weighted by Gasteiger charge is -2.32. The topological polar surface area (TPSA) is 81.3 Å². The van der Waals surface area contributed by atoms with Gasteiger partial charge in [0.1, 0.15) is 5.82 Å². The van der Waals surface area contributed by atoms with Crippen molar-refractivity contribution in [3.63, 3.8) is 0 Å². The zero-order chi connectivity index (χ0) is 13.0. The van der Waals surface area contributed by atoms with Crippen LogP contribution in [0.25, 0.3) is 0 Å². The number of nitrogens with zero attached hydrogens (tertiary/aromatic N) is 3. The molecule has 0 amide bonds. The lowest BCUT2D eigenvalue weighted by Crippen LogP contribution is -2.36. The molecule has 6 heteroatoms. The van der Waals surface area contributed by atoms with Crippen LogP contribution in [0.1, 0.15) is 23.5 Å². The van der Waals surface area contributed by atoms with Gasteiger partial charge in [0.2, 0.25) is 5.82 Å². The van der Waals surface area contributed by atoms with Gasteiger partial charge in [0.15, 0.2) is 0 Å². The van der Waals surface area contributed by atoms with Gasteiger partial charge >= 0.3 is 5.97 Å². The highest BCUT2D eigenvalue weighted by Crippen LogP contribution is 2.20. The van der Waals surface area contributed by atoms with Gasteiger partial charge in [0.05, 0.1) is 7.11 Å². The van der Waals surface area contributed by atoms with E-state index < -0.39 is 5.97 Å². The van der Waals surface area contributed by atoms with Crippen LogP contribution >= 0.6 is 0 Å². The Balaban J connectivity index is 2.07. The van der Waals surface area contributed by atoms with Crippen LogP contribution in [0.2, 0.25) is 0 Å². The third-order valence-electron chi connectivity index (χ3n) is 3.28. The molecule has 2 heterocycles. The minimum atomic E-state index is -0.506. The fourth-order valence-electron chi connectivity index (χ4n) is 2.11. The molecule has 0 atom stereocenters. The molecule has 0 bridgehead atoms. The lowest BCUT2D eigenvalue weighted by atomic mass is 9.97. The number of hydrogen-bond donors (Lipinski definition) is 1. The molecular formula is C12H18N4O2. The van der Waals surface area contributed by atoms with Crippen LogP contribution in [0.5, 0.6) is 0 Å². The minimum absolute atomic E-state index is 0.107. The Morgan fingerprint density at radius 2 is 2.28 bits per heavy atom. The first-order valence-corrected chi connectivity index (χ1v) is 6.11. The summed E-state index contributed by atoms with van der Waals surface area (Å²) in [7, 11) is 1.32. The van der Waals surface area contributed by atoms with Crippen molar-refractivity contribution in [1.29, 1.82) is 0 Å². The van der Waals surface area contributed by atoms with Crippen LogP contribution in [0.15, 0.2) is 12.3 Å². The van der Waals surface area contributed by atoms with E-state index in [2.05, 4.69) is 19.6 Å². The Labute approximate surface area is 106 Å². The molecule has 1 saturated heterocycles. The number of hydrogen-bond acceptors (Lipinski definition) is 6. The second-order valence-corrected chi connectivity index (χ2v) is 4.40. The van der Waals surface area contributed by atoms with Gasteiger partial charge in [-0.15, -0.1) is 0 Å². The molecule has 0 aliphatic carbocycles. The molecule has 1 aliphatic rings. The molecule has 2 rings (SSSR count). The number of carbonyl (C=O) groups excluding carboxylic acids is 1. The summed E-state index contributed by atoms with van der Waals surface area (Å²) >= 11 is 0. The smallest absolute Gasteiger partial charge is 0.376 e. The summed E-state index contributed by atoms with van der Waals surface area (Å²) in [6.07, 6.45) is 3.71. The van der Waals surface area contributed by atoms with Gasteiger partial charge in [-0.2, -0.15) is 0 Å². The van der Waals surface area contributed by atoms with Crippen molar-refractivity contribution in [1.82, 2.24) is 9.97 Å². The Morgan fingerprint density at radius 1 is 1.56 bits per heavy atom. The van der Waals surface area contributed by atoms with Crippen molar-refractivity contribution >= 4 is 11.8 Å². The van der Waals surface area contributed by atoms with Gasteiger partial charge in [-0.1, -0.05) is 0 Å². The summed E-state index contributed by atoms with van der Waals surface area (Å²) in [6, 6.07) is 1.81. The van der Waals surface area contributed by atoms with Crippen molar-refractivity contribution < 1.29 is 9.53 Å². The van der Waals surface area contributed by atoms with Gasteiger partial charge in [0.25, 0.3) is 0 Å². The zero-order valence-electron chi connectivity index (χ0n) is 10.5. The summed E-state index contributed by atoms with van der Waals surface area (Å²) in [4.78, 5) is 21.6. The first-order chi connectivity index (χ1) is 8.74. The fourth-order valence-corrected chi connectivity index (χ4v) is 2.11. The largest absolute Gasteiger partial charge is 0.463 e. The average molecular weight is 250 g/mol. The number of aromatic nitrogens is 2. The average Bonchev–Trinajstić information content (AvgIpc) is 2.46. The van der Waals surface area contributed by atoms with Gasteiger partial charge in [-0.3, -0.25) is 0 Å². The quantitative estimate of drug-likeness (QED) is 0.784. The van der Waals surface area contributed by atoms with Crippen molar-refractivity contribution in [2.75, 3.05) is 31.6 Å². The Morgan fingerprint density at radius 3 is 2.89 bits per heavy atom. The van der Waals surface area contributed by atoms with Crippen LogP contribution < -0.4 is 10.6 Å². The third-order valence-corrected chi connectivity index (χ3v) is 3.28. The normalized spacial score (nSPS) is 16.7. The van der Waals surface area contributed by atoms with E-state index in [0.717, 1.165) is 38.3 Å². The number of piperidine rings is 1. The maximum atomic E-state index is 11.4. The monoisotopic (exact) mass is 250 g/mol. The molecule has 98 valence electrons. The van der Waals surface area contributed by atoms with Crippen LogP contribution in [0.4, 0.5) is 5.82 Å². The van der Waals surface area contributed by atoms with Crippen LogP contribution in [-0.2, 0) is 4.74 Å². The molecule has 1 aliphatic heterocycles. The summed E-state index contributed by atoms with van der Waals surface area (Å²) in [6.45, 7) is 2.57. The molecule has 1 fully saturated rings. The van der Waals surface area contributed by atoms with E-state index in [1.54, 1.807) is 6.20 Å². The van der Waals surface area contributed by atoms with Gasteiger partial charge in [-0.25, -0.2) is 14.8 Å². The summed E-state index contributed by atoms with van der Waals surface area (Å²) < 4.78 is 4.61. The van der Waals surface area contributed by atoms with Crippen molar-refractivity contribution in [2.45, 2.75) is 12.8 Å². The number of rotatable bonds is 3. The van der Waals surface area contributed by atoms with E-state index in [4.69, 9.17) is 5.73 Å². The second-order valence-electron chi connectivity index (χ2n) is 4.40. The fraction of sp³-hybridized carbons (Fsp3) is 0.583. The first-order valence-electron chi connectivity index (χ1n) is 6.11. The standard InChI is InChI=1S/C12H18N4O2/c1-18-12(17)11-14-5-2-10(15-11)16-6-3-9(8-13)4-7-16/h2,5,9H,3-4,6-8,13H2,1H3. The highest BCUT2D eigenvalue weighted by molar-refractivity contribution is 5.85. The summed E-state index contributed by atoms with van der Waals surface area (Å²) in [5.74, 6) is 0.980. The number of carbonyl (C=O) groups is 1. The summed E-state index contributed by atoms with van der Waals surface area (Å²) in [5, 5.41) is 0. The van der Waals surface area contributed by atoms with Crippen molar-refractivity contribution in [2.24, 2.45) is 11.7 Å². The number of anilines is 1. The van der Waals surface area contributed by atoms with E-state index in [1.807, 2.05) is 6.07 Å². The minimum Gasteiger partial charge on any atom is -0.463 e. The number of nitrogens with two attached hydrogens (primary N) is 1. The molecule has 1 aromatic heterocycles. The third kappa shape index (κ3) is 2.76. The van der Waals surface area contributed by atoms with E-state index in [9.17, 15) is 4.79 Å². The van der Waals surface area contributed by atoms with E-state index >= 15 is 0 Å².